The molecule has 0 saturated carbocycles. The van der Waals surface area contributed by atoms with Gasteiger partial charge in [-0.3, -0.25) is 0 Å². The fraction of sp³-hybridized carbons (Fsp3) is 0.133. The monoisotopic (exact) mass is 258 g/mol. The molecule has 19 heavy (non-hydrogen) atoms. The number of para-hydroxylation sites is 2. The maximum Gasteiger partial charge on any atom is 0.330 e. The van der Waals surface area contributed by atoms with Gasteiger partial charge >= 0.3 is 5.92 Å². The van der Waals surface area contributed by atoms with Crippen molar-refractivity contribution in [1.82, 2.24) is 9.55 Å². The first kappa shape index (κ1) is 11.8. The number of rotatable bonds is 2. The SMILES string of the molecule is Cn1c(C(F)(F)c2ccccc2)nc2ccccc21. The highest BCUT2D eigenvalue weighted by Gasteiger charge is 2.38. The van der Waals surface area contributed by atoms with E-state index in [-0.39, 0.29) is 11.4 Å². The molecule has 0 N–H and O–H groups in total. The van der Waals surface area contributed by atoms with Crippen molar-refractivity contribution in [3.63, 3.8) is 0 Å². The van der Waals surface area contributed by atoms with Gasteiger partial charge in [0.05, 0.1) is 11.0 Å². The summed E-state index contributed by atoms with van der Waals surface area (Å²) in [5.74, 6) is -3.34. The van der Waals surface area contributed by atoms with Crippen molar-refractivity contribution >= 4 is 11.0 Å². The van der Waals surface area contributed by atoms with Crippen LogP contribution in [0.1, 0.15) is 11.4 Å². The first-order valence-corrected chi connectivity index (χ1v) is 5.96. The van der Waals surface area contributed by atoms with Crippen molar-refractivity contribution in [1.29, 1.82) is 0 Å². The number of imidazole rings is 1. The second kappa shape index (κ2) is 4.16. The van der Waals surface area contributed by atoms with Crippen LogP contribution >= 0.6 is 0 Å². The van der Waals surface area contributed by atoms with Gasteiger partial charge in [0.25, 0.3) is 0 Å². The van der Waals surface area contributed by atoms with Gasteiger partial charge in [-0.1, -0.05) is 42.5 Å². The molecule has 96 valence electrons. The Kier molecular flexibility index (Phi) is 2.59. The van der Waals surface area contributed by atoms with Crippen LogP contribution in [0.3, 0.4) is 0 Å². The minimum atomic E-state index is -3.10. The molecule has 3 rings (SSSR count). The predicted octanol–water partition coefficient (Wildman–Crippen LogP) is 3.71. The lowest BCUT2D eigenvalue weighted by molar-refractivity contribution is 0.0305. The zero-order chi connectivity index (χ0) is 13.5. The number of halogens is 2. The number of alkyl halides is 2. The molecule has 0 atom stereocenters. The first-order chi connectivity index (χ1) is 9.10. The Morgan fingerprint density at radius 1 is 0.947 bits per heavy atom. The van der Waals surface area contributed by atoms with Crippen LogP contribution in [-0.4, -0.2) is 9.55 Å². The van der Waals surface area contributed by atoms with Gasteiger partial charge in [-0.2, -0.15) is 8.78 Å². The Balaban J connectivity index is 2.21. The summed E-state index contributed by atoms with van der Waals surface area (Å²) in [4.78, 5) is 4.07. The summed E-state index contributed by atoms with van der Waals surface area (Å²) in [5, 5.41) is 0. The average molecular weight is 258 g/mol. The highest BCUT2D eigenvalue weighted by Crippen LogP contribution is 2.35. The molecule has 0 radical (unpaired) electrons. The smallest absolute Gasteiger partial charge is 0.326 e. The molecule has 0 unspecified atom stereocenters. The average Bonchev–Trinajstić information content (AvgIpc) is 2.78. The van der Waals surface area contributed by atoms with E-state index in [9.17, 15) is 8.78 Å². The molecule has 0 spiro atoms. The van der Waals surface area contributed by atoms with Gasteiger partial charge in [0, 0.05) is 12.6 Å². The van der Waals surface area contributed by atoms with Crippen LogP contribution in [0.4, 0.5) is 8.78 Å². The molecular formula is C15H12F2N2. The topological polar surface area (TPSA) is 17.8 Å². The van der Waals surface area contributed by atoms with E-state index in [4.69, 9.17) is 0 Å². The van der Waals surface area contributed by atoms with Crippen molar-refractivity contribution in [3.05, 3.63) is 66.0 Å². The fourth-order valence-corrected chi connectivity index (χ4v) is 2.20. The van der Waals surface area contributed by atoms with Gasteiger partial charge in [-0.15, -0.1) is 0 Å². The number of aryl methyl sites for hydroxylation is 1. The second-order valence-electron chi connectivity index (χ2n) is 4.42. The van der Waals surface area contributed by atoms with Crippen molar-refractivity contribution in [2.24, 2.45) is 7.05 Å². The van der Waals surface area contributed by atoms with Gasteiger partial charge in [0.2, 0.25) is 0 Å². The third kappa shape index (κ3) is 1.80. The Morgan fingerprint density at radius 2 is 1.58 bits per heavy atom. The third-order valence-electron chi connectivity index (χ3n) is 3.20. The second-order valence-corrected chi connectivity index (χ2v) is 4.42. The third-order valence-corrected chi connectivity index (χ3v) is 3.20. The Hall–Kier alpha value is -2.23. The summed E-state index contributed by atoms with van der Waals surface area (Å²) in [6, 6.07) is 14.9. The summed E-state index contributed by atoms with van der Waals surface area (Å²) in [6.07, 6.45) is 0. The van der Waals surface area contributed by atoms with E-state index < -0.39 is 5.92 Å². The lowest BCUT2D eigenvalue weighted by Gasteiger charge is -2.16. The molecule has 4 heteroatoms. The molecule has 1 aromatic heterocycles. The van der Waals surface area contributed by atoms with E-state index in [0.717, 1.165) is 0 Å². The molecule has 0 amide bonds. The molecule has 2 nitrogen and oxygen atoms in total. The predicted molar refractivity (Wildman–Crippen MR) is 70.2 cm³/mol. The molecule has 3 aromatic rings. The highest BCUT2D eigenvalue weighted by atomic mass is 19.3. The standard InChI is InChI=1S/C15H12F2N2/c1-19-13-10-6-5-9-12(13)18-14(19)15(16,17)11-7-3-2-4-8-11/h2-10H,1H3. The quantitative estimate of drug-likeness (QED) is 0.685. The summed E-state index contributed by atoms with van der Waals surface area (Å²) in [6.45, 7) is 0. The maximum atomic E-state index is 14.5. The van der Waals surface area contributed by atoms with E-state index in [1.807, 2.05) is 6.07 Å². The zero-order valence-corrected chi connectivity index (χ0v) is 10.3. The lowest BCUT2D eigenvalue weighted by Crippen LogP contribution is -2.20. The summed E-state index contributed by atoms with van der Waals surface area (Å²) in [7, 11) is 1.61. The molecule has 0 aliphatic heterocycles. The van der Waals surface area contributed by atoms with Crippen LogP contribution in [0.2, 0.25) is 0 Å². The van der Waals surface area contributed by atoms with Gasteiger partial charge in [0.15, 0.2) is 5.82 Å². The van der Waals surface area contributed by atoms with Crippen molar-refractivity contribution < 1.29 is 8.78 Å². The van der Waals surface area contributed by atoms with Crippen LogP contribution in [0.15, 0.2) is 54.6 Å². The minimum absolute atomic E-state index is 0.0478. The molecule has 1 heterocycles. The summed E-state index contributed by atoms with van der Waals surface area (Å²) < 4.78 is 30.5. The van der Waals surface area contributed by atoms with Crippen molar-refractivity contribution in [2.75, 3.05) is 0 Å². The molecule has 0 aliphatic rings. The van der Waals surface area contributed by atoms with Crippen LogP contribution in [-0.2, 0) is 13.0 Å². The van der Waals surface area contributed by atoms with Gasteiger partial charge in [-0.05, 0) is 12.1 Å². The van der Waals surface area contributed by atoms with Crippen molar-refractivity contribution in [3.8, 4) is 0 Å². The number of benzene rings is 2. The molecule has 0 aliphatic carbocycles. The normalized spacial score (nSPS) is 11.9. The number of aromatic nitrogens is 2. The van der Waals surface area contributed by atoms with E-state index >= 15 is 0 Å². The largest absolute Gasteiger partial charge is 0.330 e. The first-order valence-electron chi connectivity index (χ1n) is 5.96. The van der Waals surface area contributed by atoms with E-state index in [1.54, 1.807) is 43.4 Å². The Labute approximate surface area is 109 Å². The van der Waals surface area contributed by atoms with Gasteiger partial charge in [0.1, 0.15) is 0 Å². The summed E-state index contributed by atoms with van der Waals surface area (Å²) >= 11 is 0. The van der Waals surface area contributed by atoms with Crippen LogP contribution < -0.4 is 0 Å². The van der Waals surface area contributed by atoms with E-state index in [1.165, 1.54) is 16.7 Å². The molecule has 2 aromatic carbocycles. The van der Waals surface area contributed by atoms with Gasteiger partial charge in [-0.25, -0.2) is 4.98 Å². The number of fused-ring (bicyclic) bond motifs is 1. The number of hydrogen-bond donors (Lipinski definition) is 0. The highest BCUT2D eigenvalue weighted by molar-refractivity contribution is 5.76. The molecule has 0 fully saturated rings. The maximum absolute atomic E-state index is 14.5. The van der Waals surface area contributed by atoms with Crippen LogP contribution in [0.25, 0.3) is 11.0 Å². The van der Waals surface area contributed by atoms with Crippen LogP contribution in [0.5, 0.6) is 0 Å². The van der Waals surface area contributed by atoms with Gasteiger partial charge < -0.3 is 4.57 Å². The minimum Gasteiger partial charge on any atom is -0.326 e. The number of nitrogens with zero attached hydrogens (tertiary/aromatic N) is 2. The lowest BCUT2D eigenvalue weighted by atomic mass is 10.1. The summed E-state index contributed by atoms with van der Waals surface area (Å²) in [5.41, 5.74) is 1.23. The fourth-order valence-electron chi connectivity index (χ4n) is 2.20. The van der Waals surface area contributed by atoms with E-state index in [0.29, 0.717) is 11.0 Å². The van der Waals surface area contributed by atoms with Crippen LogP contribution in [0, 0.1) is 0 Å². The van der Waals surface area contributed by atoms with E-state index in [2.05, 4.69) is 4.98 Å². The molecular weight excluding hydrogens is 246 g/mol. The van der Waals surface area contributed by atoms with Crippen molar-refractivity contribution in [2.45, 2.75) is 5.92 Å². The zero-order valence-electron chi connectivity index (χ0n) is 10.3. The Morgan fingerprint density at radius 3 is 2.26 bits per heavy atom. The molecule has 0 bridgehead atoms. The molecule has 0 saturated heterocycles. The Bertz CT molecular complexity index is 717. The number of hydrogen-bond acceptors (Lipinski definition) is 1.